The molecule has 5 rings (SSSR count). The van der Waals surface area contributed by atoms with Gasteiger partial charge in [0.15, 0.2) is 0 Å². The monoisotopic (exact) mass is 693 g/mol. The zero-order valence-corrected chi connectivity index (χ0v) is 28.9. The first-order valence-electron chi connectivity index (χ1n) is 17.6. The van der Waals surface area contributed by atoms with Crippen molar-refractivity contribution in [2.24, 2.45) is 5.92 Å². The van der Waals surface area contributed by atoms with Crippen LogP contribution in [0.3, 0.4) is 0 Å². The van der Waals surface area contributed by atoms with Crippen LogP contribution in [0.1, 0.15) is 67.2 Å². The Labute approximate surface area is 299 Å². The van der Waals surface area contributed by atoms with E-state index in [0.717, 1.165) is 35.1 Å². The molecule has 10 heteroatoms. The fourth-order valence-electron chi connectivity index (χ4n) is 6.94. The third kappa shape index (κ3) is 9.32. The van der Waals surface area contributed by atoms with Crippen molar-refractivity contribution in [3.05, 3.63) is 121 Å². The standard InChI is InChI=1S/C41H47N3O7/c1-3-5-22-36(43-41(49)50-27-35-33-20-11-9-18-31(33)32-19-10-12-21-34(32)35)40(48)51-37(28-15-7-6-8-16-28)25-42-39(47)29(14-4-2)24-38(46)44-23-13-17-30(44)26-45/h3-4,6-12,15-16,18-21,29-30,35-37,45H,1-2,5,13-14,17,22-27H2,(H,42,47)(H,43,49)/t29-,30+,36+,37-/m1/s1. The Morgan fingerprint density at radius 1 is 0.922 bits per heavy atom. The summed E-state index contributed by atoms with van der Waals surface area (Å²) in [5.74, 6) is -2.07. The van der Waals surface area contributed by atoms with Gasteiger partial charge in [-0.2, -0.15) is 0 Å². The molecule has 51 heavy (non-hydrogen) atoms. The second kappa shape index (κ2) is 18.1. The molecule has 0 radical (unpaired) electrons. The van der Waals surface area contributed by atoms with Crippen LogP contribution in [0.15, 0.2) is 104 Å². The van der Waals surface area contributed by atoms with Crippen molar-refractivity contribution in [2.45, 2.75) is 62.6 Å². The lowest BCUT2D eigenvalue weighted by atomic mass is 9.98. The topological polar surface area (TPSA) is 134 Å². The summed E-state index contributed by atoms with van der Waals surface area (Å²) in [4.78, 5) is 54.9. The Kier molecular flexibility index (Phi) is 13.2. The van der Waals surface area contributed by atoms with Crippen molar-refractivity contribution in [1.29, 1.82) is 0 Å². The quantitative estimate of drug-likeness (QED) is 0.120. The molecule has 4 atom stereocenters. The summed E-state index contributed by atoms with van der Waals surface area (Å²) in [5.41, 5.74) is 5.02. The van der Waals surface area contributed by atoms with Gasteiger partial charge in [0, 0.05) is 18.9 Å². The molecule has 3 aromatic rings. The van der Waals surface area contributed by atoms with Crippen molar-refractivity contribution in [2.75, 3.05) is 26.3 Å². The number of rotatable bonds is 17. The van der Waals surface area contributed by atoms with Gasteiger partial charge in [0.2, 0.25) is 11.8 Å². The fraction of sp³-hybridized carbons (Fsp3) is 0.366. The number of carbonyl (C=O) groups is 4. The van der Waals surface area contributed by atoms with Crippen LogP contribution in [-0.4, -0.2) is 72.3 Å². The number of likely N-dealkylation sites (tertiary alicyclic amines) is 1. The second-order valence-electron chi connectivity index (χ2n) is 13.0. The van der Waals surface area contributed by atoms with Gasteiger partial charge in [0.25, 0.3) is 0 Å². The van der Waals surface area contributed by atoms with Gasteiger partial charge < -0.3 is 30.1 Å². The summed E-state index contributed by atoms with van der Waals surface area (Å²) in [6.07, 6.45) is 4.08. The molecule has 1 saturated heterocycles. The lowest BCUT2D eigenvalue weighted by Crippen LogP contribution is -2.44. The van der Waals surface area contributed by atoms with Crippen LogP contribution in [-0.2, 0) is 23.9 Å². The normalized spacial score (nSPS) is 16.6. The molecule has 3 aromatic carbocycles. The van der Waals surface area contributed by atoms with Crippen LogP contribution in [0.2, 0.25) is 0 Å². The van der Waals surface area contributed by atoms with E-state index in [-0.39, 0.29) is 62.8 Å². The van der Waals surface area contributed by atoms with Crippen LogP contribution >= 0.6 is 0 Å². The minimum atomic E-state index is -1.04. The van der Waals surface area contributed by atoms with Crippen molar-refractivity contribution >= 4 is 23.9 Å². The number of allylic oxidation sites excluding steroid dienone is 2. The molecule has 10 nitrogen and oxygen atoms in total. The molecule has 1 fully saturated rings. The largest absolute Gasteiger partial charge is 0.454 e. The van der Waals surface area contributed by atoms with E-state index in [1.54, 1.807) is 41.3 Å². The molecule has 1 aliphatic carbocycles. The number of aliphatic hydroxyl groups excluding tert-OH is 1. The predicted octanol–water partition coefficient (Wildman–Crippen LogP) is 5.83. The molecular formula is C41H47N3O7. The van der Waals surface area contributed by atoms with Crippen molar-refractivity contribution in [3.8, 4) is 11.1 Å². The molecule has 0 unspecified atom stereocenters. The highest BCUT2D eigenvalue weighted by Crippen LogP contribution is 2.44. The van der Waals surface area contributed by atoms with E-state index in [0.29, 0.717) is 18.5 Å². The highest BCUT2D eigenvalue weighted by atomic mass is 16.6. The number of hydrogen-bond acceptors (Lipinski definition) is 7. The van der Waals surface area contributed by atoms with Gasteiger partial charge in [0.05, 0.1) is 25.1 Å². The number of benzene rings is 3. The van der Waals surface area contributed by atoms with Crippen LogP contribution in [0.4, 0.5) is 4.79 Å². The summed E-state index contributed by atoms with van der Waals surface area (Å²) in [5, 5.41) is 15.2. The number of alkyl carbamates (subject to hydrolysis) is 1. The Morgan fingerprint density at radius 2 is 1.59 bits per heavy atom. The average Bonchev–Trinajstić information content (AvgIpc) is 3.77. The van der Waals surface area contributed by atoms with E-state index in [9.17, 15) is 24.3 Å². The van der Waals surface area contributed by atoms with Gasteiger partial charge in [-0.05, 0) is 59.9 Å². The highest BCUT2D eigenvalue weighted by molar-refractivity contribution is 5.86. The zero-order valence-electron chi connectivity index (χ0n) is 28.9. The molecule has 3 amide bonds. The molecule has 0 spiro atoms. The molecule has 1 heterocycles. The molecule has 3 N–H and O–H groups in total. The third-order valence-electron chi connectivity index (χ3n) is 9.62. The van der Waals surface area contributed by atoms with Crippen LogP contribution < -0.4 is 10.6 Å². The first kappa shape index (κ1) is 37.0. The van der Waals surface area contributed by atoms with Crippen molar-refractivity contribution in [3.63, 3.8) is 0 Å². The SMILES string of the molecule is C=CCC[C@H](NC(=O)OCC1c2ccccc2-c2ccccc21)C(=O)O[C@H](CNC(=O)[C@H](CC=C)CC(=O)N1CCC[C@H]1CO)c1ccccc1. The Bertz CT molecular complexity index is 1650. The van der Waals surface area contributed by atoms with E-state index >= 15 is 0 Å². The van der Waals surface area contributed by atoms with Gasteiger partial charge in [-0.25, -0.2) is 9.59 Å². The number of aliphatic hydroxyl groups is 1. The van der Waals surface area contributed by atoms with Gasteiger partial charge in [-0.1, -0.05) is 91.0 Å². The van der Waals surface area contributed by atoms with Gasteiger partial charge in [-0.15, -0.1) is 13.2 Å². The number of hydrogen-bond donors (Lipinski definition) is 3. The summed E-state index contributed by atoms with van der Waals surface area (Å²) >= 11 is 0. The number of esters is 1. The molecule has 2 aliphatic rings. The first-order valence-corrected chi connectivity index (χ1v) is 17.6. The Balaban J connectivity index is 1.22. The van der Waals surface area contributed by atoms with E-state index in [1.165, 1.54) is 0 Å². The van der Waals surface area contributed by atoms with E-state index in [4.69, 9.17) is 9.47 Å². The average molecular weight is 694 g/mol. The maximum absolute atomic E-state index is 13.7. The summed E-state index contributed by atoms with van der Waals surface area (Å²) < 4.78 is 11.7. The zero-order chi connectivity index (χ0) is 36.2. The van der Waals surface area contributed by atoms with Gasteiger partial charge in [0.1, 0.15) is 18.8 Å². The van der Waals surface area contributed by atoms with Crippen molar-refractivity contribution < 1.29 is 33.8 Å². The third-order valence-corrected chi connectivity index (χ3v) is 9.62. The smallest absolute Gasteiger partial charge is 0.407 e. The van der Waals surface area contributed by atoms with Crippen LogP contribution in [0.5, 0.6) is 0 Å². The minimum Gasteiger partial charge on any atom is -0.454 e. The van der Waals surface area contributed by atoms with Gasteiger partial charge >= 0.3 is 12.1 Å². The summed E-state index contributed by atoms with van der Waals surface area (Å²) in [6, 6.07) is 23.8. The lowest BCUT2D eigenvalue weighted by Gasteiger charge is -2.26. The number of nitrogens with zero attached hydrogens (tertiary/aromatic N) is 1. The maximum atomic E-state index is 13.7. The molecule has 0 bridgehead atoms. The molecule has 268 valence electrons. The summed E-state index contributed by atoms with van der Waals surface area (Å²) in [7, 11) is 0. The van der Waals surface area contributed by atoms with Gasteiger partial charge in [-0.3, -0.25) is 9.59 Å². The van der Waals surface area contributed by atoms with Crippen molar-refractivity contribution in [1.82, 2.24) is 15.5 Å². The summed E-state index contributed by atoms with van der Waals surface area (Å²) in [6.45, 7) is 7.99. The number of amides is 3. The lowest BCUT2D eigenvalue weighted by molar-refractivity contribution is -0.152. The predicted molar refractivity (Wildman–Crippen MR) is 194 cm³/mol. The minimum absolute atomic E-state index is 0.0299. The Hall–Kier alpha value is -5.22. The van der Waals surface area contributed by atoms with E-state index < -0.39 is 30.1 Å². The fourth-order valence-corrected chi connectivity index (χ4v) is 6.94. The number of nitrogens with one attached hydrogen (secondary N) is 2. The number of ether oxygens (including phenoxy) is 2. The number of fused-ring (bicyclic) bond motifs is 3. The first-order chi connectivity index (χ1) is 24.8. The molecular weight excluding hydrogens is 646 g/mol. The molecule has 1 aliphatic heterocycles. The Morgan fingerprint density at radius 3 is 2.24 bits per heavy atom. The van der Waals surface area contributed by atoms with Crippen LogP contribution in [0, 0.1) is 5.92 Å². The van der Waals surface area contributed by atoms with E-state index in [2.05, 4.69) is 35.9 Å². The molecule has 0 aromatic heterocycles. The van der Waals surface area contributed by atoms with E-state index in [1.807, 2.05) is 42.5 Å². The maximum Gasteiger partial charge on any atom is 0.407 e. The highest BCUT2D eigenvalue weighted by Gasteiger charge is 2.33. The molecule has 0 saturated carbocycles. The number of carbonyl (C=O) groups excluding carboxylic acids is 4. The second-order valence-corrected chi connectivity index (χ2v) is 13.0. The van der Waals surface area contributed by atoms with Crippen LogP contribution in [0.25, 0.3) is 11.1 Å².